The van der Waals surface area contributed by atoms with Crippen molar-refractivity contribution in [1.29, 1.82) is 0 Å². The van der Waals surface area contributed by atoms with E-state index < -0.39 is 0 Å². The maximum Gasteiger partial charge on any atom is 0.0108 e. The highest BCUT2D eigenvalue weighted by atomic mass is 14.7. The Bertz CT molecular complexity index is 251. The lowest BCUT2D eigenvalue weighted by molar-refractivity contribution is 0.260. The Balaban J connectivity index is 1.90. The second-order valence-electron chi connectivity index (χ2n) is 4.04. The number of nitrogens with two attached hydrogens (primary N) is 1. The van der Waals surface area contributed by atoms with Gasteiger partial charge in [-0.2, -0.15) is 0 Å². The Labute approximate surface area is 80.0 Å². The first-order valence-corrected chi connectivity index (χ1v) is 5.16. The van der Waals surface area contributed by atoms with E-state index in [-0.39, 0.29) is 0 Å². The fourth-order valence-corrected chi connectivity index (χ4v) is 1.92. The van der Waals surface area contributed by atoms with E-state index in [1.807, 2.05) is 0 Å². The summed E-state index contributed by atoms with van der Waals surface area (Å²) in [6.07, 6.45) is 5.11. The molecule has 1 atom stereocenters. The molecule has 2 N–H and O–H groups in total. The average molecular weight is 175 g/mol. The summed E-state index contributed by atoms with van der Waals surface area (Å²) < 4.78 is 0. The molecule has 1 nitrogen and oxygen atoms in total. The molecule has 0 radical (unpaired) electrons. The second kappa shape index (κ2) is 3.93. The van der Waals surface area contributed by atoms with Crippen molar-refractivity contribution in [3.63, 3.8) is 0 Å². The zero-order valence-electron chi connectivity index (χ0n) is 7.95. The van der Waals surface area contributed by atoms with E-state index in [9.17, 15) is 0 Å². The monoisotopic (exact) mass is 175 g/mol. The number of rotatable bonds is 3. The lowest BCUT2D eigenvalue weighted by Crippen LogP contribution is -2.36. The molecule has 2 rings (SSSR count). The van der Waals surface area contributed by atoms with E-state index in [2.05, 4.69) is 30.3 Å². The molecule has 0 aliphatic heterocycles. The summed E-state index contributed by atoms with van der Waals surface area (Å²) in [5.41, 5.74) is 7.49. The molecule has 0 saturated heterocycles. The third-order valence-corrected chi connectivity index (χ3v) is 3.07. The van der Waals surface area contributed by atoms with Crippen LogP contribution in [0.25, 0.3) is 0 Å². The van der Waals surface area contributed by atoms with Gasteiger partial charge in [-0.1, -0.05) is 36.8 Å². The van der Waals surface area contributed by atoms with Crippen molar-refractivity contribution in [2.45, 2.75) is 31.7 Å². The molecule has 70 valence electrons. The Hall–Kier alpha value is -0.820. The number of benzene rings is 1. The summed E-state index contributed by atoms with van der Waals surface area (Å²) >= 11 is 0. The SMILES string of the molecule is NC(Cc1ccccc1)C1CCC1. The van der Waals surface area contributed by atoms with E-state index in [4.69, 9.17) is 5.73 Å². The van der Waals surface area contributed by atoms with Gasteiger partial charge in [-0.05, 0) is 30.7 Å². The zero-order chi connectivity index (χ0) is 9.10. The molecule has 1 aliphatic rings. The predicted octanol–water partition coefficient (Wildman–Crippen LogP) is 2.36. The van der Waals surface area contributed by atoms with Gasteiger partial charge in [-0.3, -0.25) is 0 Å². The third kappa shape index (κ3) is 2.10. The lowest BCUT2D eigenvalue weighted by atomic mass is 9.78. The van der Waals surface area contributed by atoms with Gasteiger partial charge < -0.3 is 5.73 Å². The van der Waals surface area contributed by atoms with Crippen LogP contribution < -0.4 is 5.73 Å². The lowest BCUT2D eigenvalue weighted by Gasteiger charge is -2.31. The Morgan fingerprint density at radius 2 is 1.92 bits per heavy atom. The van der Waals surface area contributed by atoms with Gasteiger partial charge in [-0.25, -0.2) is 0 Å². The second-order valence-corrected chi connectivity index (χ2v) is 4.04. The standard InChI is InChI=1S/C12H17N/c13-12(11-7-4-8-11)9-10-5-2-1-3-6-10/h1-3,5-6,11-12H,4,7-9,13H2. The highest BCUT2D eigenvalue weighted by Gasteiger charge is 2.23. The predicted molar refractivity (Wildman–Crippen MR) is 55.5 cm³/mol. The highest BCUT2D eigenvalue weighted by Crippen LogP contribution is 2.29. The minimum Gasteiger partial charge on any atom is -0.327 e. The van der Waals surface area contributed by atoms with Crippen molar-refractivity contribution < 1.29 is 0 Å². The largest absolute Gasteiger partial charge is 0.327 e. The minimum atomic E-state index is 0.385. The molecule has 0 heterocycles. The van der Waals surface area contributed by atoms with Crippen molar-refractivity contribution in [2.24, 2.45) is 11.7 Å². The molecule has 13 heavy (non-hydrogen) atoms. The van der Waals surface area contributed by atoms with Crippen molar-refractivity contribution >= 4 is 0 Å². The van der Waals surface area contributed by atoms with Crippen LogP contribution in [0.5, 0.6) is 0 Å². The molecule has 1 aromatic carbocycles. The molecule has 1 unspecified atom stereocenters. The molecule has 1 heteroatoms. The van der Waals surface area contributed by atoms with E-state index in [0.717, 1.165) is 12.3 Å². The van der Waals surface area contributed by atoms with E-state index >= 15 is 0 Å². The highest BCUT2D eigenvalue weighted by molar-refractivity contribution is 5.16. The summed E-state index contributed by atoms with van der Waals surface area (Å²) in [6, 6.07) is 10.9. The van der Waals surface area contributed by atoms with E-state index in [1.54, 1.807) is 0 Å². The van der Waals surface area contributed by atoms with Gasteiger partial charge in [0.15, 0.2) is 0 Å². The van der Waals surface area contributed by atoms with Gasteiger partial charge in [0.05, 0.1) is 0 Å². The van der Waals surface area contributed by atoms with Crippen LogP contribution in [0.2, 0.25) is 0 Å². The van der Waals surface area contributed by atoms with Gasteiger partial charge in [0.1, 0.15) is 0 Å². The fraction of sp³-hybridized carbons (Fsp3) is 0.500. The van der Waals surface area contributed by atoms with Crippen LogP contribution in [0.1, 0.15) is 24.8 Å². The first kappa shape index (κ1) is 8.76. The van der Waals surface area contributed by atoms with Crippen LogP contribution in [0.3, 0.4) is 0 Å². The maximum absolute atomic E-state index is 6.11. The number of hydrogen-bond acceptors (Lipinski definition) is 1. The van der Waals surface area contributed by atoms with Crippen LogP contribution in [0.15, 0.2) is 30.3 Å². The minimum absolute atomic E-state index is 0.385. The first-order chi connectivity index (χ1) is 6.36. The van der Waals surface area contributed by atoms with Crippen molar-refractivity contribution in [1.82, 2.24) is 0 Å². The van der Waals surface area contributed by atoms with Crippen molar-refractivity contribution in [3.8, 4) is 0 Å². The van der Waals surface area contributed by atoms with Crippen LogP contribution in [-0.4, -0.2) is 6.04 Å². The number of hydrogen-bond donors (Lipinski definition) is 1. The summed E-state index contributed by atoms with van der Waals surface area (Å²) in [5.74, 6) is 0.792. The van der Waals surface area contributed by atoms with E-state index in [0.29, 0.717) is 6.04 Å². The first-order valence-electron chi connectivity index (χ1n) is 5.16. The summed E-state index contributed by atoms with van der Waals surface area (Å²) in [6.45, 7) is 0. The topological polar surface area (TPSA) is 26.0 Å². The van der Waals surface area contributed by atoms with Crippen LogP contribution >= 0.6 is 0 Å². The average Bonchev–Trinajstić information content (AvgIpc) is 2.02. The van der Waals surface area contributed by atoms with Gasteiger partial charge in [-0.15, -0.1) is 0 Å². The molecular weight excluding hydrogens is 158 g/mol. The molecule has 0 amide bonds. The molecule has 1 saturated carbocycles. The van der Waals surface area contributed by atoms with Crippen LogP contribution in [0.4, 0.5) is 0 Å². The van der Waals surface area contributed by atoms with Crippen LogP contribution in [0, 0.1) is 5.92 Å². The molecule has 1 aliphatic carbocycles. The third-order valence-electron chi connectivity index (χ3n) is 3.07. The Morgan fingerprint density at radius 3 is 2.46 bits per heavy atom. The molecule has 1 fully saturated rings. The van der Waals surface area contributed by atoms with Gasteiger partial charge in [0, 0.05) is 6.04 Å². The Morgan fingerprint density at radius 1 is 1.23 bits per heavy atom. The molecule has 0 bridgehead atoms. The molecular formula is C12H17N. The molecule has 0 spiro atoms. The summed E-state index contributed by atoms with van der Waals surface area (Å²) in [4.78, 5) is 0. The van der Waals surface area contributed by atoms with Gasteiger partial charge in [0.25, 0.3) is 0 Å². The van der Waals surface area contributed by atoms with Gasteiger partial charge >= 0.3 is 0 Å². The van der Waals surface area contributed by atoms with Crippen LogP contribution in [-0.2, 0) is 6.42 Å². The van der Waals surface area contributed by atoms with E-state index in [1.165, 1.54) is 24.8 Å². The fourth-order valence-electron chi connectivity index (χ4n) is 1.92. The Kier molecular flexibility index (Phi) is 2.65. The molecule has 0 aromatic heterocycles. The quantitative estimate of drug-likeness (QED) is 0.749. The zero-order valence-corrected chi connectivity index (χ0v) is 7.95. The van der Waals surface area contributed by atoms with Crippen molar-refractivity contribution in [3.05, 3.63) is 35.9 Å². The molecule has 1 aromatic rings. The van der Waals surface area contributed by atoms with Gasteiger partial charge in [0.2, 0.25) is 0 Å². The summed E-state index contributed by atoms with van der Waals surface area (Å²) in [7, 11) is 0. The normalized spacial score (nSPS) is 19.5. The summed E-state index contributed by atoms with van der Waals surface area (Å²) in [5, 5.41) is 0. The maximum atomic E-state index is 6.11. The van der Waals surface area contributed by atoms with Crippen molar-refractivity contribution in [2.75, 3.05) is 0 Å². The smallest absolute Gasteiger partial charge is 0.0108 e.